The molecule has 0 amide bonds. The van der Waals surface area contributed by atoms with Crippen molar-refractivity contribution in [1.29, 1.82) is 0 Å². The minimum absolute atomic E-state index is 0.181. The Balaban J connectivity index is 2.45. The molecule has 0 bridgehead atoms. The third-order valence-electron chi connectivity index (χ3n) is 2.68. The van der Waals surface area contributed by atoms with E-state index in [9.17, 15) is 0 Å². The molecule has 0 unspecified atom stereocenters. The van der Waals surface area contributed by atoms with E-state index in [1.165, 1.54) is 0 Å². The minimum atomic E-state index is -0.181. The zero-order valence-electron chi connectivity index (χ0n) is 8.71. The monoisotopic (exact) mass is 244 g/mol. The van der Waals surface area contributed by atoms with Crippen LogP contribution in [0.2, 0.25) is 5.02 Å². The van der Waals surface area contributed by atoms with Crippen LogP contribution in [0.1, 0.15) is 11.1 Å². The van der Waals surface area contributed by atoms with Crippen LogP contribution >= 0.6 is 24.2 Å². The molecule has 2 rings (SSSR count). The lowest BCUT2D eigenvalue weighted by atomic mass is 9.92. The molecular formula is C11H13ClO2S. The fourth-order valence-corrected chi connectivity index (χ4v) is 2.43. The molecule has 1 aliphatic rings. The summed E-state index contributed by atoms with van der Waals surface area (Å²) in [6.07, 6.45) is 0. The lowest BCUT2D eigenvalue weighted by Gasteiger charge is -2.38. The summed E-state index contributed by atoms with van der Waals surface area (Å²) in [6.45, 7) is 3.31. The lowest BCUT2D eigenvalue weighted by molar-refractivity contribution is -0.00997. The number of rotatable bonds is 2. The average Bonchev–Trinajstić information content (AvgIpc) is 2.17. The summed E-state index contributed by atoms with van der Waals surface area (Å²) < 4.78 is 10.2. The molecule has 1 aromatic rings. The van der Waals surface area contributed by atoms with Crippen molar-refractivity contribution in [1.82, 2.24) is 0 Å². The first-order chi connectivity index (χ1) is 7.07. The van der Waals surface area contributed by atoms with Crippen molar-refractivity contribution in [2.24, 2.45) is 0 Å². The van der Waals surface area contributed by atoms with Gasteiger partial charge in [0, 0.05) is 0 Å². The third kappa shape index (κ3) is 1.84. The molecule has 4 heteroatoms. The Labute approximate surface area is 99.9 Å². The van der Waals surface area contributed by atoms with Gasteiger partial charge in [0.15, 0.2) is 0 Å². The maximum atomic E-state index is 6.09. The van der Waals surface area contributed by atoms with Gasteiger partial charge < -0.3 is 9.47 Å². The Hall–Kier alpha value is -0.380. The quantitative estimate of drug-likeness (QED) is 0.807. The predicted molar refractivity (Wildman–Crippen MR) is 64.2 cm³/mol. The summed E-state index contributed by atoms with van der Waals surface area (Å²) >= 11 is 10.7. The fraction of sp³-hybridized carbons (Fsp3) is 0.455. The van der Waals surface area contributed by atoms with E-state index in [0.717, 1.165) is 11.1 Å². The van der Waals surface area contributed by atoms with Crippen LogP contribution in [0.15, 0.2) is 12.1 Å². The molecule has 0 aliphatic carbocycles. The molecule has 0 saturated carbocycles. The highest BCUT2D eigenvalue weighted by Crippen LogP contribution is 2.41. The topological polar surface area (TPSA) is 18.5 Å². The highest BCUT2D eigenvalue weighted by Gasteiger charge is 2.38. The van der Waals surface area contributed by atoms with Crippen LogP contribution in [0.25, 0.3) is 0 Å². The van der Waals surface area contributed by atoms with Crippen LogP contribution in [0, 0.1) is 6.92 Å². The van der Waals surface area contributed by atoms with E-state index < -0.39 is 0 Å². The first-order valence-corrected chi connectivity index (χ1v) is 5.54. The van der Waals surface area contributed by atoms with Crippen molar-refractivity contribution < 1.29 is 9.47 Å². The molecule has 0 aromatic heterocycles. The maximum Gasteiger partial charge on any atom is 0.137 e. The molecule has 0 atom stereocenters. The van der Waals surface area contributed by atoms with Gasteiger partial charge >= 0.3 is 0 Å². The van der Waals surface area contributed by atoms with E-state index in [1.807, 2.05) is 19.1 Å². The van der Waals surface area contributed by atoms with Gasteiger partial charge in [-0.3, -0.25) is 0 Å². The SMILES string of the molecule is COc1cc(C)c(C2(S)COC2)cc1Cl. The van der Waals surface area contributed by atoms with Crippen LogP contribution in [0.5, 0.6) is 5.75 Å². The summed E-state index contributed by atoms with van der Waals surface area (Å²) in [5.74, 6) is 0.704. The molecular weight excluding hydrogens is 232 g/mol. The molecule has 82 valence electrons. The van der Waals surface area contributed by atoms with Gasteiger partial charge in [0.05, 0.1) is 30.1 Å². The Morgan fingerprint density at radius 1 is 1.47 bits per heavy atom. The van der Waals surface area contributed by atoms with Crippen molar-refractivity contribution in [2.45, 2.75) is 11.7 Å². The van der Waals surface area contributed by atoms with Crippen molar-refractivity contribution >= 4 is 24.2 Å². The van der Waals surface area contributed by atoms with E-state index in [2.05, 4.69) is 12.6 Å². The molecule has 1 aliphatic heterocycles. The molecule has 1 saturated heterocycles. The van der Waals surface area contributed by atoms with Gasteiger partial charge in [-0.25, -0.2) is 0 Å². The van der Waals surface area contributed by atoms with Crippen molar-refractivity contribution in [3.8, 4) is 5.75 Å². The van der Waals surface area contributed by atoms with Gasteiger partial charge in [-0.05, 0) is 30.2 Å². The van der Waals surface area contributed by atoms with E-state index in [1.54, 1.807) is 7.11 Å². The molecule has 1 aromatic carbocycles. The second-order valence-corrected chi connectivity index (χ2v) is 5.09. The van der Waals surface area contributed by atoms with Crippen molar-refractivity contribution in [3.05, 3.63) is 28.3 Å². The number of hydrogen-bond acceptors (Lipinski definition) is 3. The van der Waals surface area contributed by atoms with Gasteiger partial charge in [0.25, 0.3) is 0 Å². The van der Waals surface area contributed by atoms with Gasteiger partial charge in [-0.2, -0.15) is 12.6 Å². The number of halogens is 1. The first kappa shape index (κ1) is 11.1. The standard InChI is InChI=1S/C11H13ClO2S/c1-7-3-10(13-2)9(12)4-8(7)11(15)5-14-6-11/h3-4,15H,5-6H2,1-2H3. The number of aryl methyl sites for hydroxylation is 1. The minimum Gasteiger partial charge on any atom is -0.495 e. The van der Waals surface area contributed by atoms with Gasteiger partial charge in [0.1, 0.15) is 5.75 Å². The Bertz CT molecular complexity index is 388. The second kappa shape index (κ2) is 3.89. The number of methoxy groups -OCH3 is 1. The average molecular weight is 245 g/mol. The molecule has 1 fully saturated rings. The van der Waals surface area contributed by atoms with Crippen LogP contribution in [0.4, 0.5) is 0 Å². The van der Waals surface area contributed by atoms with Gasteiger partial charge in [0.2, 0.25) is 0 Å². The highest BCUT2D eigenvalue weighted by molar-refractivity contribution is 7.81. The van der Waals surface area contributed by atoms with Gasteiger partial charge in [-0.1, -0.05) is 11.6 Å². The molecule has 0 spiro atoms. The summed E-state index contributed by atoms with van der Waals surface area (Å²) in [7, 11) is 1.61. The highest BCUT2D eigenvalue weighted by atomic mass is 35.5. The zero-order valence-corrected chi connectivity index (χ0v) is 10.4. The molecule has 0 N–H and O–H groups in total. The molecule has 15 heavy (non-hydrogen) atoms. The fourth-order valence-electron chi connectivity index (χ4n) is 1.76. The Morgan fingerprint density at radius 3 is 2.60 bits per heavy atom. The van der Waals surface area contributed by atoms with Crippen molar-refractivity contribution in [2.75, 3.05) is 20.3 Å². The summed E-state index contributed by atoms with van der Waals surface area (Å²) in [6, 6.07) is 3.86. The smallest absolute Gasteiger partial charge is 0.137 e. The second-order valence-electron chi connectivity index (χ2n) is 3.83. The molecule has 0 radical (unpaired) electrons. The summed E-state index contributed by atoms with van der Waals surface area (Å²) in [4.78, 5) is 0. The largest absolute Gasteiger partial charge is 0.495 e. The van der Waals surface area contributed by atoms with Crippen LogP contribution in [-0.2, 0) is 9.48 Å². The van der Waals surface area contributed by atoms with E-state index in [0.29, 0.717) is 24.0 Å². The predicted octanol–water partition coefficient (Wildman–Crippen LogP) is 2.81. The van der Waals surface area contributed by atoms with Crippen LogP contribution in [0.3, 0.4) is 0 Å². The Morgan fingerprint density at radius 2 is 2.13 bits per heavy atom. The van der Waals surface area contributed by atoms with E-state index in [-0.39, 0.29) is 4.75 Å². The molecule has 1 heterocycles. The molecule has 2 nitrogen and oxygen atoms in total. The third-order valence-corrected chi connectivity index (χ3v) is 3.48. The number of ether oxygens (including phenoxy) is 2. The lowest BCUT2D eigenvalue weighted by Crippen LogP contribution is -2.42. The van der Waals surface area contributed by atoms with E-state index >= 15 is 0 Å². The first-order valence-electron chi connectivity index (χ1n) is 4.71. The van der Waals surface area contributed by atoms with Crippen LogP contribution in [-0.4, -0.2) is 20.3 Å². The number of thiol groups is 1. The zero-order chi connectivity index (χ0) is 11.1. The van der Waals surface area contributed by atoms with Crippen LogP contribution < -0.4 is 4.74 Å². The summed E-state index contributed by atoms with van der Waals surface area (Å²) in [5, 5.41) is 0.624. The van der Waals surface area contributed by atoms with E-state index in [4.69, 9.17) is 21.1 Å². The summed E-state index contributed by atoms with van der Waals surface area (Å²) in [5.41, 5.74) is 2.26. The Kier molecular flexibility index (Phi) is 2.88. The number of hydrogen-bond donors (Lipinski definition) is 1. The van der Waals surface area contributed by atoms with Gasteiger partial charge in [-0.15, -0.1) is 0 Å². The van der Waals surface area contributed by atoms with Crippen molar-refractivity contribution in [3.63, 3.8) is 0 Å². The maximum absolute atomic E-state index is 6.09. The number of benzene rings is 1. The normalized spacial score (nSPS) is 18.4.